The summed E-state index contributed by atoms with van der Waals surface area (Å²) in [6.07, 6.45) is 0. The molecule has 0 bridgehead atoms. The molecule has 0 aliphatic rings. The van der Waals surface area contributed by atoms with Crippen LogP contribution in [0, 0.1) is 13.8 Å². The highest BCUT2D eigenvalue weighted by Gasteiger charge is 2.01. The summed E-state index contributed by atoms with van der Waals surface area (Å²) in [4.78, 5) is 0. The Hall–Kier alpha value is -1.67. The van der Waals surface area contributed by atoms with Crippen molar-refractivity contribution in [3.8, 4) is 0 Å². The van der Waals surface area contributed by atoms with E-state index in [1.807, 2.05) is 50.2 Å². The van der Waals surface area contributed by atoms with Crippen molar-refractivity contribution in [3.05, 3.63) is 52.5 Å². The SMILES string of the molecule is Cc1ccc(Nc2cc(N)ccc2C)cc1Cl. The van der Waals surface area contributed by atoms with Gasteiger partial charge in [0.2, 0.25) is 0 Å². The van der Waals surface area contributed by atoms with Gasteiger partial charge in [0.25, 0.3) is 0 Å². The molecule has 2 aromatic rings. The zero-order chi connectivity index (χ0) is 12.4. The molecule has 0 saturated carbocycles. The molecule has 0 radical (unpaired) electrons. The molecule has 0 aliphatic heterocycles. The molecule has 3 heteroatoms. The Kier molecular flexibility index (Phi) is 3.25. The van der Waals surface area contributed by atoms with Crippen molar-refractivity contribution in [1.82, 2.24) is 0 Å². The summed E-state index contributed by atoms with van der Waals surface area (Å²) >= 11 is 6.09. The number of anilines is 3. The number of aryl methyl sites for hydroxylation is 2. The zero-order valence-electron chi connectivity index (χ0n) is 9.92. The van der Waals surface area contributed by atoms with Crippen LogP contribution in [-0.4, -0.2) is 0 Å². The van der Waals surface area contributed by atoms with Crippen molar-refractivity contribution in [2.75, 3.05) is 11.1 Å². The summed E-state index contributed by atoms with van der Waals surface area (Å²) in [7, 11) is 0. The van der Waals surface area contributed by atoms with Gasteiger partial charge in [-0.15, -0.1) is 0 Å². The number of nitrogens with two attached hydrogens (primary N) is 1. The van der Waals surface area contributed by atoms with Crippen molar-refractivity contribution in [1.29, 1.82) is 0 Å². The lowest BCUT2D eigenvalue weighted by molar-refractivity contribution is 1.41. The van der Waals surface area contributed by atoms with Crippen LogP contribution in [0.25, 0.3) is 0 Å². The third-order valence-corrected chi connectivity index (χ3v) is 3.12. The Morgan fingerprint density at radius 2 is 1.71 bits per heavy atom. The van der Waals surface area contributed by atoms with Gasteiger partial charge < -0.3 is 11.1 Å². The molecule has 0 spiro atoms. The number of hydrogen-bond acceptors (Lipinski definition) is 2. The maximum Gasteiger partial charge on any atom is 0.0455 e. The van der Waals surface area contributed by atoms with Crippen LogP contribution in [0.3, 0.4) is 0 Å². The minimum absolute atomic E-state index is 0.747. The Morgan fingerprint density at radius 1 is 1.00 bits per heavy atom. The quantitative estimate of drug-likeness (QED) is 0.776. The third kappa shape index (κ3) is 2.71. The van der Waals surface area contributed by atoms with Gasteiger partial charge in [-0.3, -0.25) is 0 Å². The molecule has 0 amide bonds. The van der Waals surface area contributed by atoms with Crippen LogP contribution in [0.4, 0.5) is 17.1 Å². The fraction of sp³-hybridized carbons (Fsp3) is 0.143. The Bertz CT molecular complexity index is 550. The predicted molar refractivity (Wildman–Crippen MR) is 75.1 cm³/mol. The van der Waals surface area contributed by atoms with Crippen molar-refractivity contribution in [2.24, 2.45) is 0 Å². The van der Waals surface area contributed by atoms with Gasteiger partial charge in [0, 0.05) is 22.1 Å². The first-order valence-corrected chi connectivity index (χ1v) is 5.83. The Morgan fingerprint density at radius 3 is 2.41 bits per heavy atom. The molecular weight excluding hydrogens is 232 g/mol. The van der Waals surface area contributed by atoms with Gasteiger partial charge in [-0.05, 0) is 49.2 Å². The molecule has 3 N–H and O–H groups in total. The molecular formula is C14H15ClN2. The first-order chi connectivity index (χ1) is 8.06. The highest BCUT2D eigenvalue weighted by molar-refractivity contribution is 6.31. The number of nitrogen functional groups attached to an aromatic ring is 1. The number of benzene rings is 2. The highest BCUT2D eigenvalue weighted by atomic mass is 35.5. The van der Waals surface area contributed by atoms with E-state index in [-0.39, 0.29) is 0 Å². The predicted octanol–water partition coefficient (Wildman–Crippen LogP) is 4.28. The summed E-state index contributed by atoms with van der Waals surface area (Å²) in [6, 6.07) is 11.7. The average Bonchev–Trinajstić information content (AvgIpc) is 2.29. The molecule has 2 aromatic carbocycles. The van der Waals surface area contributed by atoms with Crippen LogP contribution in [0.15, 0.2) is 36.4 Å². The maximum absolute atomic E-state index is 6.09. The zero-order valence-corrected chi connectivity index (χ0v) is 10.7. The van der Waals surface area contributed by atoms with E-state index in [1.54, 1.807) is 0 Å². The molecule has 0 aliphatic carbocycles. The summed E-state index contributed by atoms with van der Waals surface area (Å²) in [5, 5.41) is 4.08. The normalized spacial score (nSPS) is 10.3. The van der Waals surface area contributed by atoms with Crippen molar-refractivity contribution >= 4 is 28.7 Å². The van der Waals surface area contributed by atoms with Crippen molar-refractivity contribution < 1.29 is 0 Å². The summed E-state index contributed by atoms with van der Waals surface area (Å²) < 4.78 is 0. The van der Waals surface area contributed by atoms with Gasteiger partial charge in [0.15, 0.2) is 0 Å². The minimum Gasteiger partial charge on any atom is -0.399 e. The molecule has 0 atom stereocenters. The lowest BCUT2D eigenvalue weighted by Gasteiger charge is -2.11. The van der Waals surface area contributed by atoms with E-state index >= 15 is 0 Å². The first kappa shape index (κ1) is 11.8. The summed E-state index contributed by atoms with van der Waals surface area (Å²) in [5.41, 5.74) is 10.7. The third-order valence-electron chi connectivity index (χ3n) is 2.71. The minimum atomic E-state index is 0.747. The fourth-order valence-corrected chi connectivity index (χ4v) is 1.78. The Labute approximate surface area is 106 Å². The van der Waals surface area contributed by atoms with Crippen molar-refractivity contribution in [3.63, 3.8) is 0 Å². The van der Waals surface area contributed by atoms with Crippen LogP contribution in [-0.2, 0) is 0 Å². The number of rotatable bonds is 2. The molecule has 0 unspecified atom stereocenters. The molecule has 2 rings (SSSR count). The lowest BCUT2D eigenvalue weighted by Crippen LogP contribution is -1.95. The van der Waals surface area contributed by atoms with Crippen LogP contribution in [0.5, 0.6) is 0 Å². The fourth-order valence-electron chi connectivity index (χ4n) is 1.60. The molecule has 17 heavy (non-hydrogen) atoms. The Balaban J connectivity index is 2.31. The van der Waals surface area contributed by atoms with Gasteiger partial charge >= 0.3 is 0 Å². The molecule has 2 nitrogen and oxygen atoms in total. The van der Waals surface area contributed by atoms with Crippen LogP contribution < -0.4 is 11.1 Å². The van der Waals surface area contributed by atoms with Gasteiger partial charge in [-0.2, -0.15) is 0 Å². The van der Waals surface area contributed by atoms with Crippen LogP contribution in [0.2, 0.25) is 5.02 Å². The van der Waals surface area contributed by atoms with E-state index in [2.05, 4.69) is 5.32 Å². The molecule has 0 fully saturated rings. The number of nitrogens with one attached hydrogen (secondary N) is 1. The highest BCUT2D eigenvalue weighted by Crippen LogP contribution is 2.26. The second-order valence-electron chi connectivity index (χ2n) is 4.16. The van der Waals surface area contributed by atoms with Gasteiger partial charge in [-0.25, -0.2) is 0 Å². The average molecular weight is 247 g/mol. The van der Waals surface area contributed by atoms with E-state index in [1.165, 1.54) is 0 Å². The van der Waals surface area contributed by atoms with Gasteiger partial charge in [0.05, 0.1) is 0 Å². The van der Waals surface area contributed by atoms with Crippen molar-refractivity contribution in [2.45, 2.75) is 13.8 Å². The molecule has 88 valence electrons. The van der Waals surface area contributed by atoms with Gasteiger partial charge in [-0.1, -0.05) is 23.7 Å². The second kappa shape index (κ2) is 4.68. The first-order valence-electron chi connectivity index (χ1n) is 5.45. The van der Waals surface area contributed by atoms with E-state index in [0.717, 1.165) is 33.2 Å². The summed E-state index contributed by atoms with van der Waals surface area (Å²) in [5.74, 6) is 0. The van der Waals surface area contributed by atoms with Crippen LogP contribution >= 0.6 is 11.6 Å². The van der Waals surface area contributed by atoms with Gasteiger partial charge in [0.1, 0.15) is 0 Å². The standard InChI is InChI=1S/C14H15ClN2/c1-9-4-6-12(8-13(9)15)17-14-7-11(16)5-3-10(14)2/h3-8,17H,16H2,1-2H3. The van der Waals surface area contributed by atoms with E-state index in [9.17, 15) is 0 Å². The largest absolute Gasteiger partial charge is 0.399 e. The molecule has 0 aromatic heterocycles. The number of hydrogen-bond donors (Lipinski definition) is 2. The maximum atomic E-state index is 6.09. The van der Waals surface area contributed by atoms with Crippen LogP contribution in [0.1, 0.15) is 11.1 Å². The topological polar surface area (TPSA) is 38.0 Å². The molecule has 0 heterocycles. The van der Waals surface area contributed by atoms with E-state index < -0.39 is 0 Å². The van der Waals surface area contributed by atoms with E-state index in [0.29, 0.717) is 0 Å². The summed E-state index contributed by atoms with van der Waals surface area (Å²) in [6.45, 7) is 4.02. The smallest absolute Gasteiger partial charge is 0.0455 e. The monoisotopic (exact) mass is 246 g/mol. The second-order valence-corrected chi connectivity index (χ2v) is 4.57. The number of halogens is 1. The molecule has 0 saturated heterocycles. The lowest BCUT2D eigenvalue weighted by atomic mass is 10.1. The van der Waals surface area contributed by atoms with E-state index in [4.69, 9.17) is 17.3 Å².